The predicted octanol–water partition coefficient (Wildman–Crippen LogP) is 2.43. The lowest BCUT2D eigenvalue weighted by Crippen LogP contribution is -2.10. The van der Waals surface area contributed by atoms with E-state index in [-0.39, 0.29) is 6.61 Å². The molecule has 0 unspecified atom stereocenters. The van der Waals surface area contributed by atoms with E-state index in [0.29, 0.717) is 12.2 Å². The number of nitrogens with one attached hydrogen (secondary N) is 1. The molecule has 6 heteroatoms. The zero-order chi connectivity index (χ0) is 13.4. The number of aryl methyl sites for hydroxylation is 1. The van der Waals surface area contributed by atoms with E-state index >= 15 is 0 Å². The summed E-state index contributed by atoms with van der Waals surface area (Å²) in [5, 5.41) is 3.17. The van der Waals surface area contributed by atoms with Gasteiger partial charge in [-0.2, -0.15) is 0 Å². The molecule has 0 saturated carbocycles. The standard InChI is InChI=1S/C12H19F2N3O/c1-3-5-15-12-7-9(2)16-11(17-12)4-6-18-8-10(13)14/h7,10H,3-6,8H2,1-2H3,(H,15,16,17). The van der Waals surface area contributed by atoms with Crippen molar-refractivity contribution < 1.29 is 13.5 Å². The van der Waals surface area contributed by atoms with Gasteiger partial charge in [0.15, 0.2) is 0 Å². The van der Waals surface area contributed by atoms with Crippen LogP contribution >= 0.6 is 0 Å². The Balaban J connectivity index is 2.46. The molecule has 0 radical (unpaired) electrons. The molecule has 0 saturated heterocycles. The zero-order valence-electron chi connectivity index (χ0n) is 10.7. The number of aromatic nitrogens is 2. The molecule has 0 fully saturated rings. The maximum Gasteiger partial charge on any atom is 0.261 e. The molecule has 0 amide bonds. The number of anilines is 1. The molecule has 0 aromatic carbocycles. The highest BCUT2D eigenvalue weighted by Gasteiger charge is 2.04. The maximum absolute atomic E-state index is 11.9. The first-order chi connectivity index (χ1) is 8.61. The third-order valence-electron chi connectivity index (χ3n) is 2.17. The summed E-state index contributed by atoms with van der Waals surface area (Å²) in [4.78, 5) is 8.54. The smallest absolute Gasteiger partial charge is 0.261 e. The molecule has 0 bridgehead atoms. The molecule has 0 atom stereocenters. The van der Waals surface area contributed by atoms with Gasteiger partial charge in [0.1, 0.15) is 18.2 Å². The summed E-state index contributed by atoms with van der Waals surface area (Å²) in [5.41, 5.74) is 0.854. The fourth-order valence-electron chi connectivity index (χ4n) is 1.42. The number of hydrogen-bond acceptors (Lipinski definition) is 4. The largest absolute Gasteiger partial charge is 0.375 e. The van der Waals surface area contributed by atoms with Crippen molar-refractivity contribution in [3.63, 3.8) is 0 Å². The average Bonchev–Trinajstić information content (AvgIpc) is 2.31. The molecule has 1 heterocycles. The summed E-state index contributed by atoms with van der Waals surface area (Å²) >= 11 is 0. The van der Waals surface area contributed by atoms with Crippen LogP contribution in [-0.2, 0) is 11.2 Å². The molecule has 1 N–H and O–H groups in total. The molecule has 0 aliphatic rings. The van der Waals surface area contributed by atoms with Crippen LogP contribution in [-0.4, -0.2) is 36.2 Å². The Morgan fingerprint density at radius 3 is 2.83 bits per heavy atom. The molecule has 102 valence electrons. The third kappa shape index (κ3) is 5.86. The van der Waals surface area contributed by atoms with Crippen molar-refractivity contribution in [1.82, 2.24) is 9.97 Å². The second-order valence-electron chi connectivity index (χ2n) is 3.95. The molecule has 0 spiro atoms. The molecule has 0 aliphatic carbocycles. The molecule has 1 aromatic heterocycles. The molecule has 1 rings (SSSR count). The van der Waals surface area contributed by atoms with E-state index in [0.717, 1.165) is 24.5 Å². The Kier molecular flexibility index (Phi) is 6.49. The maximum atomic E-state index is 11.9. The van der Waals surface area contributed by atoms with Gasteiger partial charge in [-0.25, -0.2) is 18.7 Å². The van der Waals surface area contributed by atoms with Crippen molar-refractivity contribution in [2.45, 2.75) is 33.1 Å². The Morgan fingerprint density at radius 2 is 2.17 bits per heavy atom. The second kappa shape index (κ2) is 7.92. The zero-order valence-corrected chi connectivity index (χ0v) is 10.7. The minimum atomic E-state index is -2.43. The Labute approximate surface area is 106 Å². The van der Waals surface area contributed by atoms with Gasteiger partial charge in [0.25, 0.3) is 6.43 Å². The number of hydrogen-bond donors (Lipinski definition) is 1. The van der Waals surface area contributed by atoms with Crippen LogP contribution in [0.15, 0.2) is 6.07 Å². The van der Waals surface area contributed by atoms with Crippen LogP contribution in [0.1, 0.15) is 24.9 Å². The molecule has 0 aliphatic heterocycles. The highest BCUT2D eigenvalue weighted by atomic mass is 19.3. The fraction of sp³-hybridized carbons (Fsp3) is 0.667. The van der Waals surface area contributed by atoms with E-state index in [2.05, 4.69) is 22.2 Å². The molecular weight excluding hydrogens is 240 g/mol. The molecular formula is C12H19F2N3O. The van der Waals surface area contributed by atoms with Gasteiger partial charge in [0.2, 0.25) is 0 Å². The van der Waals surface area contributed by atoms with Gasteiger partial charge in [-0.1, -0.05) is 6.92 Å². The number of nitrogens with zero attached hydrogens (tertiary/aromatic N) is 2. The van der Waals surface area contributed by atoms with E-state index in [1.54, 1.807) is 0 Å². The second-order valence-corrected chi connectivity index (χ2v) is 3.95. The first kappa shape index (κ1) is 14.8. The Bertz CT molecular complexity index is 361. The summed E-state index contributed by atoms with van der Waals surface area (Å²) in [6.45, 7) is 4.47. The number of halogens is 2. The van der Waals surface area contributed by atoms with E-state index in [4.69, 9.17) is 4.74 Å². The van der Waals surface area contributed by atoms with Crippen molar-refractivity contribution in [3.8, 4) is 0 Å². The van der Waals surface area contributed by atoms with E-state index in [1.807, 2.05) is 13.0 Å². The minimum absolute atomic E-state index is 0.209. The summed E-state index contributed by atoms with van der Waals surface area (Å²) in [6, 6.07) is 1.86. The van der Waals surface area contributed by atoms with Crippen molar-refractivity contribution in [1.29, 1.82) is 0 Å². The van der Waals surface area contributed by atoms with Crippen molar-refractivity contribution in [2.75, 3.05) is 25.1 Å². The van der Waals surface area contributed by atoms with Gasteiger partial charge in [0, 0.05) is 24.7 Å². The van der Waals surface area contributed by atoms with Crippen LogP contribution in [0.3, 0.4) is 0 Å². The van der Waals surface area contributed by atoms with Crippen LogP contribution in [0.2, 0.25) is 0 Å². The summed E-state index contributed by atoms with van der Waals surface area (Å²) in [6.07, 6.45) is -0.976. The average molecular weight is 259 g/mol. The van der Waals surface area contributed by atoms with Crippen LogP contribution < -0.4 is 5.32 Å². The van der Waals surface area contributed by atoms with Crippen LogP contribution in [0.5, 0.6) is 0 Å². The predicted molar refractivity (Wildman–Crippen MR) is 66.1 cm³/mol. The normalized spacial score (nSPS) is 10.9. The topological polar surface area (TPSA) is 47.0 Å². The van der Waals surface area contributed by atoms with Gasteiger partial charge in [-0.05, 0) is 13.3 Å². The Morgan fingerprint density at radius 1 is 1.39 bits per heavy atom. The Hall–Kier alpha value is -1.30. The van der Waals surface area contributed by atoms with Crippen molar-refractivity contribution in [2.24, 2.45) is 0 Å². The van der Waals surface area contributed by atoms with Gasteiger partial charge in [-0.15, -0.1) is 0 Å². The highest BCUT2D eigenvalue weighted by Crippen LogP contribution is 2.07. The highest BCUT2D eigenvalue weighted by molar-refractivity contribution is 5.35. The minimum Gasteiger partial charge on any atom is -0.375 e. The quantitative estimate of drug-likeness (QED) is 0.728. The third-order valence-corrected chi connectivity index (χ3v) is 2.17. The summed E-state index contributed by atoms with van der Waals surface area (Å²) in [5.74, 6) is 1.39. The van der Waals surface area contributed by atoms with Crippen LogP contribution in [0, 0.1) is 6.92 Å². The van der Waals surface area contributed by atoms with Gasteiger partial charge in [0.05, 0.1) is 6.61 Å². The van der Waals surface area contributed by atoms with Gasteiger partial charge < -0.3 is 10.1 Å². The lowest BCUT2D eigenvalue weighted by molar-refractivity contribution is 0.0183. The van der Waals surface area contributed by atoms with E-state index < -0.39 is 13.0 Å². The molecule has 18 heavy (non-hydrogen) atoms. The first-order valence-corrected chi connectivity index (χ1v) is 6.06. The van der Waals surface area contributed by atoms with Crippen molar-refractivity contribution in [3.05, 3.63) is 17.6 Å². The van der Waals surface area contributed by atoms with Crippen molar-refractivity contribution >= 4 is 5.82 Å². The van der Waals surface area contributed by atoms with E-state index in [9.17, 15) is 8.78 Å². The van der Waals surface area contributed by atoms with Gasteiger partial charge in [-0.3, -0.25) is 0 Å². The number of ether oxygens (including phenoxy) is 1. The summed E-state index contributed by atoms with van der Waals surface area (Å²) in [7, 11) is 0. The van der Waals surface area contributed by atoms with Crippen LogP contribution in [0.25, 0.3) is 0 Å². The molecule has 1 aromatic rings. The molecule has 4 nitrogen and oxygen atoms in total. The first-order valence-electron chi connectivity index (χ1n) is 6.06. The number of rotatable bonds is 8. The van der Waals surface area contributed by atoms with E-state index in [1.165, 1.54) is 0 Å². The monoisotopic (exact) mass is 259 g/mol. The fourth-order valence-corrected chi connectivity index (χ4v) is 1.42. The lowest BCUT2D eigenvalue weighted by atomic mass is 10.3. The SMILES string of the molecule is CCCNc1cc(C)nc(CCOCC(F)F)n1. The van der Waals surface area contributed by atoms with Crippen LogP contribution in [0.4, 0.5) is 14.6 Å². The number of alkyl halides is 2. The summed E-state index contributed by atoms with van der Waals surface area (Å²) < 4.78 is 28.5. The lowest BCUT2D eigenvalue weighted by Gasteiger charge is -2.08. The van der Waals surface area contributed by atoms with Gasteiger partial charge >= 0.3 is 0 Å².